The van der Waals surface area contributed by atoms with E-state index in [0.29, 0.717) is 11.5 Å². The summed E-state index contributed by atoms with van der Waals surface area (Å²) < 4.78 is 11.1. The molecule has 0 aromatic heterocycles. The van der Waals surface area contributed by atoms with E-state index in [9.17, 15) is 4.79 Å². The quantitative estimate of drug-likeness (QED) is 0.710. The van der Waals surface area contributed by atoms with Crippen LogP contribution in [0.2, 0.25) is 0 Å². The van der Waals surface area contributed by atoms with Crippen LogP contribution in [-0.2, 0) is 0 Å². The van der Waals surface area contributed by atoms with Gasteiger partial charge in [-0.3, -0.25) is 4.79 Å². The summed E-state index contributed by atoms with van der Waals surface area (Å²) in [6.45, 7) is 12.3. The molecule has 146 valence electrons. The minimum atomic E-state index is -0.104. The van der Waals surface area contributed by atoms with Crippen molar-refractivity contribution in [2.45, 2.75) is 59.6 Å². The zero-order valence-electron chi connectivity index (χ0n) is 17.4. The first-order valence-corrected chi connectivity index (χ1v) is 9.49. The van der Waals surface area contributed by atoms with Gasteiger partial charge in [-0.05, 0) is 86.7 Å². The van der Waals surface area contributed by atoms with Crippen LogP contribution < -0.4 is 14.8 Å². The predicted molar refractivity (Wildman–Crippen MR) is 110 cm³/mol. The first-order chi connectivity index (χ1) is 12.7. The molecule has 4 heteroatoms. The molecule has 0 aliphatic rings. The van der Waals surface area contributed by atoms with Crippen molar-refractivity contribution < 1.29 is 14.3 Å². The van der Waals surface area contributed by atoms with Crippen molar-refractivity contribution >= 4 is 5.91 Å². The molecule has 1 N–H and O–H groups in total. The van der Waals surface area contributed by atoms with E-state index < -0.39 is 0 Å². The fourth-order valence-electron chi connectivity index (χ4n) is 3.13. The summed E-state index contributed by atoms with van der Waals surface area (Å²) in [6.07, 6.45) is 0.109. The standard InChI is InChI=1S/C23H31NO3/c1-14(2)20-13-21(16(5)12-22(20)26-7)17(6)24-23(25)18-8-10-19(11-9-18)27-15(3)4/h8-15,17H,1-7H3,(H,24,25)/t17-/m0/s1. The smallest absolute Gasteiger partial charge is 0.251 e. The van der Waals surface area contributed by atoms with Crippen LogP contribution in [0, 0.1) is 6.92 Å². The van der Waals surface area contributed by atoms with Gasteiger partial charge < -0.3 is 14.8 Å². The van der Waals surface area contributed by atoms with Gasteiger partial charge in [0.05, 0.1) is 19.3 Å². The molecule has 0 saturated carbocycles. The number of hydrogen-bond acceptors (Lipinski definition) is 3. The van der Waals surface area contributed by atoms with Crippen LogP contribution in [0.5, 0.6) is 11.5 Å². The molecule has 0 saturated heterocycles. The van der Waals surface area contributed by atoms with Crippen molar-refractivity contribution in [2.24, 2.45) is 0 Å². The Morgan fingerprint density at radius 1 is 0.963 bits per heavy atom. The molecule has 4 nitrogen and oxygen atoms in total. The summed E-state index contributed by atoms with van der Waals surface area (Å²) in [5, 5.41) is 3.10. The Morgan fingerprint density at radius 3 is 2.11 bits per heavy atom. The van der Waals surface area contributed by atoms with E-state index in [2.05, 4.69) is 25.2 Å². The highest BCUT2D eigenvalue weighted by Crippen LogP contribution is 2.32. The molecule has 0 aliphatic carbocycles. The number of nitrogens with one attached hydrogen (secondary N) is 1. The largest absolute Gasteiger partial charge is 0.496 e. The van der Waals surface area contributed by atoms with Gasteiger partial charge in [0.1, 0.15) is 11.5 Å². The minimum Gasteiger partial charge on any atom is -0.496 e. The van der Waals surface area contributed by atoms with Gasteiger partial charge in [-0.25, -0.2) is 0 Å². The molecular weight excluding hydrogens is 338 g/mol. The number of carbonyl (C=O) groups excluding carboxylic acids is 1. The number of carbonyl (C=O) groups is 1. The molecule has 27 heavy (non-hydrogen) atoms. The highest BCUT2D eigenvalue weighted by atomic mass is 16.5. The summed E-state index contributed by atoms with van der Waals surface area (Å²) in [5.74, 6) is 1.91. The predicted octanol–water partition coefficient (Wildman–Crippen LogP) is 5.41. The summed E-state index contributed by atoms with van der Waals surface area (Å²) in [4.78, 5) is 12.6. The van der Waals surface area contributed by atoms with Gasteiger partial charge in [0.15, 0.2) is 0 Å². The van der Waals surface area contributed by atoms with Crippen molar-refractivity contribution in [3.05, 3.63) is 58.7 Å². The van der Waals surface area contributed by atoms with Crippen LogP contribution in [0.25, 0.3) is 0 Å². The maximum Gasteiger partial charge on any atom is 0.251 e. The Labute approximate surface area is 162 Å². The molecule has 0 aliphatic heterocycles. The molecule has 0 bridgehead atoms. The van der Waals surface area contributed by atoms with Crippen molar-refractivity contribution in [1.29, 1.82) is 0 Å². The SMILES string of the molecule is COc1cc(C)c([C@H](C)NC(=O)c2ccc(OC(C)C)cc2)cc1C(C)C. The Morgan fingerprint density at radius 2 is 1.59 bits per heavy atom. The second kappa shape index (κ2) is 8.94. The Hall–Kier alpha value is -2.49. The lowest BCUT2D eigenvalue weighted by Gasteiger charge is -2.21. The maximum absolute atomic E-state index is 12.6. The monoisotopic (exact) mass is 369 g/mol. The third-order valence-corrected chi connectivity index (χ3v) is 4.54. The summed E-state index contributed by atoms with van der Waals surface area (Å²) >= 11 is 0. The average Bonchev–Trinajstić information content (AvgIpc) is 2.60. The number of amides is 1. The summed E-state index contributed by atoms with van der Waals surface area (Å²) in [7, 11) is 1.69. The van der Waals surface area contributed by atoms with E-state index in [-0.39, 0.29) is 18.1 Å². The van der Waals surface area contributed by atoms with E-state index in [0.717, 1.165) is 28.2 Å². The lowest BCUT2D eigenvalue weighted by molar-refractivity contribution is 0.0940. The van der Waals surface area contributed by atoms with E-state index in [4.69, 9.17) is 9.47 Å². The topological polar surface area (TPSA) is 47.6 Å². The maximum atomic E-state index is 12.6. The Kier molecular flexibility index (Phi) is 6.89. The molecule has 0 unspecified atom stereocenters. The molecule has 0 spiro atoms. The fourth-order valence-corrected chi connectivity index (χ4v) is 3.13. The molecule has 0 fully saturated rings. The van der Waals surface area contributed by atoms with Gasteiger partial charge in [0.25, 0.3) is 5.91 Å². The highest BCUT2D eigenvalue weighted by molar-refractivity contribution is 5.94. The number of ether oxygens (including phenoxy) is 2. The van der Waals surface area contributed by atoms with E-state index in [1.165, 1.54) is 0 Å². The molecular formula is C23H31NO3. The lowest BCUT2D eigenvalue weighted by atomic mass is 9.93. The molecule has 2 aromatic rings. The number of hydrogen-bond donors (Lipinski definition) is 1. The second-order valence-corrected chi connectivity index (χ2v) is 7.49. The summed E-state index contributed by atoms with van der Waals surface area (Å²) in [6, 6.07) is 11.3. The van der Waals surface area contributed by atoms with Crippen molar-refractivity contribution in [2.75, 3.05) is 7.11 Å². The van der Waals surface area contributed by atoms with Crippen LogP contribution in [-0.4, -0.2) is 19.1 Å². The van der Waals surface area contributed by atoms with Crippen molar-refractivity contribution in [3.63, 3.8) is 0 Å². The zero-order chi connectivity index (χ0) is 20.1. The van der Waals surface area contributed by atoms with Gasteiger partial charge >= 0.3 is 0 Å². The first-order valence-electron chi connectivity index (χ1n) is 9.49. The molecule has 1 amide bonds. The molecule has 1 atom stereocenters. The number of methoxy groups -OCH3 is 1. The summed E-state index contributed by atoms with van der Waals surface area (Å²) in [5.41, 5.74) is 3.97. The third kappa shape index (κ3) is 5.25. The normalized spacial score (nSPS) is 12.2. The van der Waals surface area contributed by atoms with Gasteiger partial charge in [-0.2, -0.15) is 0 Å². The Balaban J connectivity index is 2.17. The third-order valence-electron chi connectivity index (χ3n) is 4.54. The van der Waals surface area contributed by atoms with E-state index in [1.807, 2.05) is 45.9 Å². The van der Waals surface area contributed by atoms with Crippen LogP contribution in [0.15, 0.2) is 36.4 Å². The molecule has 0 heterocycles. The average molecular weight is 370 g/mol. The highest BCUT2D eigenvalue weighted by Gasteiger charge is 2.17. The van der Waals surface area contributed by atoms with Gasteiger partial charge in [-0.1, -0.05) is 13.8 Å². The molecule has 2 rings (SSSR count). The zero-order valence-corrected chi connectivity index (χ0v) is 17.4. The number of benzene rings is 2. The number of aryl methyl sites for hydroxylation is 1. The second-order valence-electron chi connectivity index (χ2n) is 7.49. The van der Waals surface area contributed by atoms with Crippen molar-refractivity contribution in [1.82, 2.24) is 5.32 Å². The van der Waals surface area contributed by atoms with Gasteiger partial charge in [-0.15, -0.1) is 0 Å². The van der Waals surface area contributed by atoms with Crippen LogP contribution in [0.1, 0.15) is 73.6 Å². The van der Waals surface area contributed by atoms with Crippen LogP contribution in [0.4, 0.5) is 0 Å². The van der Waals surface area contributed by atoms with Crippen LogP contribution >= 0.6 is 0 Å². The first kappa shape index (κ1) is 20.8. The molecule has 0 radical (unpaired) electrons. The van der Waals surface area contributed by atoms with Gasteiger partial charge in [0.2, 0.25) is 0 Å². The van der Waals surface area contributed by atoms with Crippen molar-refractivity contribution in [3.8, 4) is 11.5 Å². The Bertz CT molecular complexity index is 779. The van der Waals surface area contributed by atoms with Gasteiger partial charge in [0, 0.05) is 5.56 Å². The lowest BCUT2D eigenvalue weighted by Crippen LogP contribution is -2.27. The minimum absolute atomic E-state index is 0.0973. The van der Waals surface area contributed by atoms with E-state index in [1.54, 1.807) is 19.2 Å². The van der Waals surface area contributed by atoms with Crippen LogP contribution in [0.3, 0.4) is 0 Å². The van der Waals surface area contributed by atoms with E-state index >= 15 is 0 Å². The fraction of sp³-hybridized carbons (Fsp3) is 0.435. The molecule has 2 aromatic carbocycles. The number of rotatable bonds is 7.